The smallest absolute Gasteiger partial charge is 0.232 e. The number of aromatic nitrogens is 10. The maximum atomic E-state index is 10.4. The second kappa shape index (κ2) is 23.9. The summed E-state index contributed by atoms with van der Waals surface area (Å²) in [5.41, 5.74) is 9.73. The molecule has 20 nitrogen and oxygen atoms in total. The van der Waals surface area contributed by atoms with E-state index in [1.807, 2.05) is 56.0 Å². The van der Waals surface area contributed by atoms with Crippen LogP contribution in [0, 0.1) is 0 Å². The van der Waals surface area contributed by atoms with Crippen LogP contribution in [-0.4, -0.2) is 155 Å². The predicted octanol–water partition coefficient (Wildman–Crippen LogP) is 6.71. The molecule has 4 aliphatic rings. The Morgan fingerprint density at radius 1 is 0.537 bits per heavy atom. The average Bonchev–Trinajstić information content (AvgIpc) is 3.48. The van der Waals surface area contributed by atoms with Gasteiger partial charge < -0.3 is 45.3 Å². The standard InChI is InChI=1S/C60H68N18O2/c1-41-37-77(28-29-78(41)58-63-35-46(36-64-58)31-44-12-7-4-8-13-44)60-70-54(67-55(72-60)65-49-17-19-51(20-18-49)76-22-9-14-52(80)40-76)53-68-56(66-50-16-15-47-21-23-73(38-42(2)79)39-48(47)32-50)71-59(69-53)75-26-24-74(25-27-75)57-61-33-45(34-62-57)30-43-10-5-3-6-11-43/h3-8,10-13,15-20,32-36,41-42,52,79-80H,9,14,21-31,37-40H2,1-2H3,(H,65,67,70,72)(H,66,68,69,71)/t41-,42+,52-/m1/s1. The first-order valence-corrected chi connectivity index (χ1v) is 28.0. The number of rotatable bonds is 16. The molecule has 0 saturated carbocycles. The van der Waals surface area contributed by atoms with Crippen molar-refractivity contribution in [2.24, 2.45) is 0 Å². The van der Waals surface area contributed by atoms with E-state index < -0.39 is 6.10 Å². The molecule has 0 radical (unpaired) electrons. The molecule has 3 fully saturated rings. The molecule has 410 valence electrons. The van der Waals surface area contributed by atoms with Gasteiger partial charge in [0.2, 0.25) is 47.3 Å². The van der Waals surface area contributed by atoms with Gasteiger partial charge in [-0.3, -0.25) is 4.90 Å². The normalized spacial score (nSPS) is 18.2. The summed E-state index contributed by atoms with van der Waals surface area (Å²) in [6, 6.07) is 35.3. The van der Waals surface area contributed by atoms with Crippen molar-refractivity contribution >= 4 is 52.8 Å². The summed E-state index contributed by atoms with van der Waals surface area (Å²) in [5, 5.41) is 27.7. The number of aliphatic hydroxyl groups excluding tert-OH is 2. The average molecular weight is 1070 g/mol. The summed E-state index contributed by atoms with van der Waals surface area (Å²) in [6.45, 7) is 12.1. The van der Waals surface area contributed by atoms with Gasteiger partial charge in [0.25, 0.3) is 0 Å². The van der Waals surface area contributed by atoms with Gasteiger partial charge in [-0.1, -0.05) is 66.7 Å². The van der Waals surface area contributed by atoms with E-state index in [0.717, 1.165) is 79.9 Å². The van der Waals surface area contributed by atoms with Crippen molar-refractivity contribution in [3.8, 4) is 11.6 Å². The van der Waals surface area contributed by atoms with Crippen molar-refractivity contribution in [1.29, 1.82) is 0 Å². The number of hydrogen-bond donors (Lipinski definition) is 4. The fourth-order valence-corrected chi connectivity index (χ4v) is 11.1. The molecular formula is C60H68N18O2. The zero-order valence-corrected chi connectivity index (χ0v) is 45.4. The Labute approximate surface area is 466 Å². The molecule has 4 aromatic carbocycles. The van der Waals surface area contributed by atoms with E-state index in [4.69, 9.17) is 49.8 Å². The predicted molar refractivity (Wildman–Crippen MR) is 312 cm³/mol. The van der Waals surface area contributed by atoms with Crippen LogP contribution < -0.4 is 35.1 Å². The van der Waals surface area contributed by atoms with Gasteiger partial charge in [-0.25, -0.2) is 19.9 Å². The molecule has 3 atom stereocenters. The summed E-state index contributed by atoms with van der Waals surface area (Å²) in [6.07, 6.45) is 11.2. The van der Waals surface area contributed by atoms with E-state index >= 15 is 0 Å². The van der Waals surface area contributed by atoms with Crippen LogP contribution in [0.4, 0.5) is 52.8 Å². The van der Waals surface area contributed by atoms with Gasteiger partial charge in [0, 0.05) is 139 Å². The molecule has 80 heavy (non-hydrogen) atoms. The van der Waals surface area contributed by atoms with E-state index in [9.17, 15) is 10.2 Å². The van der Waals surface area contributed by atoms with Crippen LogP contribution in [0.2, 0.25) is 0 Å². The minimum atomic E-state index is -0.413. The molecule has 0 amide bonds. The lowest BCUT2D eigenvalue weighted by Crippen LogP contribution is -2.53. The highest BCUT2D eigenvalue weighted by molar-refractivity contribution is 5.64. The summed E-state index contributed by atoms with van der Waals surface area (Å²) in [7, 11) is 0. The van der Waals surface area contributed by atoms with E-state index in [2.05, 4.69) is 126 Å². The Bertz CT molecular complexity index is 3330. The van der Waals surface area contributed by atoms with Crippen LogP contribution in [0.3, 0.4) is 0 Å². The lowest BCUT2D eigenvalue weighted by Gasteiger charge is -2.39. The number of piperazine rings is 2. The van der Waals surface area contributed by atoms with Crippen LogP contribution in [-0.2, 0) is 25.8 Å². The number of nitrogens with one attached hydrogen (secondary N) is 2. The number of piperidine rings is 1. The van der Waals surface area contributed by atoms with Crippen molar-refractivity contribution in [2.45, 2.75) is 70.7 Å². The molecule has 8 aromatic rings. The van der Waals surface area contributed by atoms with Crippen molar-refractivity contribution in [1.82, 2.24) is 54.7 Å². The van der Waals surface area contributed by atoms with Crippen LogP contribution in [0.15, 0.2) is 128 Å². The Balaban J connectivity index is 0.844. The molecule has 3 saturated heterocycles. The number of nitrogens with zero attached hydrogens (tertiary/aromatic N) is 16. The second-order valence-electron chi connectivity index (χ2n) is 21.5. The first-order chi connectivity index (χ1) is 39.2. The van der Waals surface area contributed by atoms with Crippen molar-refractivity contribution in [3.63, 3.8) is 0 Å². The van der Waals surface area contributed by atoms with Gasteiger partial charge in [0.15, 0.2) is 0 Å². The van der Waals surface area contributed by atoms with Crippen molar-refractivity contribution < 1.29 is 10.2 Å². The number of aliphatic hydroxyl groups is 2. The summed E-state index contributed by atoms with van der Waals surface area (Å²) in [4.78, 5) is 63.2. The maximum Gasteiger partial charge on any atom is 0.232 e. The summed E-state index contributed by atoms with van der Waals surface area (Å²) in [5.74, 6) is 3.63. The molecule has 12 rings (SSSR count). The van der Waals surface area contributed by atoms with Crippen molar-refractivity contribution in [2.75, 3.05) is 107 Å². The molecule has 0 bridgehead atoms. The molecule has 0 aliphatic carbocycles. The first kappa shape index (κ1) is 52.3. The van der Waals surface area contributed by atoms with Crippen LogP contribution in [0.5, 0.6) is 0 Å². The summed E-state index contributed by atoms with van der Waals surface area (Å²) >= 11 is 0. The number of hydrogen-bond acceptors (Lipinski definition) is 20. The van der Waals surface area contributed by atoms with Crippen LogP contribution in [0.25, 0.3) is 11.6 Å². The van der Waals surface area contributed by atoms with Gasteiger partial charge in [-0.2, -0.15) is 29.9 Å². The Kier molecular flexibility index (Phi) is 15.6. The molecule has 4 N–H and O–H groups in total. The third kappa shape index (κ3) is 12.7. The van der Waals surface area contributed by atoms with Gasteiger partial charge in [0.05, 0.1) is 12.2 Å². The monoisotopic (exact) mass is 1070 g/mol. The van der Waals surface area contributed by atoms with Gasteiger partial charge in [-0.05, 0) is 103 Å². The second-order valence-corrected chi connectivity index (χ2v) is 21.5. The number of fused-ring (bicyclic) bond motifs is 1. The molecule has 0 spiro atoms. The minimum Gasteiger partial charge on any atom is -0.392 e. The minimum absolute atomic E-state index is 0.0211. The number of β-amino-alcohol motifs (C(OH)–C–C–N with tert-alkyl or cyclic N) is 2. The largest absolute Gasteiger partial charge is 0.392 e. The molecule has 20 heteroatoms. The molecule has 8 heterocycles. The fourth-order valence-electron chi connectivity index (χ4n) is 11.1. The quantitative estimate of drug-likeness (QED) is 0.0791. The zero-order chi connectivity index (χ0) is 54.4. The van der Waals surface area contributed by atoms with Gasteiger partial charge in [-0.15, -0.1) is 0 Å². The molecule has 0 unspecified atom stereocenters. The van der Waals surface area contributed by atoms with E-state index in [0.29, 0.717) is 100 Å². The number of benzene rings is 4. The van der Waals surface area contributed by atoms with Gasteiger partial charge in [0.1, 0.15) is 0 Å². The third-order valence-electron chi connectivity index (χ3n) is 15.3. The Morgan fingerprint density at radius 3 is 1.70 bits per heavy atom. The molecule has 4 aliphatic heterocycles. The van der Waals surface area contributed by atoms with E-state index in [1.54, 1.807) is 0 Å². The lowest BCUT2D eigenvalue weighted by atomic mass is 9.99. The van der Waals surface area contributed by atoms with Gasteiger partial charge >= 0.3 is 0 Å². The Hall–Kier alpha value is -8.46. The third-order valence-corrected chi connectivity index (χ3v) is 15.3. The maximum absolute atomic E-state index is 10.4. The van der Waals surface area contributed by atoms with Crippen LogP contribution >= 0.6 is 0 Å². The number of anilines is 9. The van der Waals surface area contributed by atoms with E-state index in [1.165, 1.54) is 22.3 Å². The topological polar surface area (TPSA) is 213 Å². The summed E-state index contributed by atoms with van der Waals surface area (Å²) < 4.78 is 0. The SMILES string of the molecule is C[C@H](O)CN1CCc2ccc(Nc3nc(-c4nc(Nc5ccc(N6CCC[C@@H](O)C6)cc5)nc(N5CCN(c6ncc(Cc7ccccc7)cn6)[C@H](C)C5)n4)nc(N4CCN(c5ncc(Cc6ccccc6)cn5)CC4)n3)cc2C1. The molecular weight excluding hydrogens is 1000 g/mol. The Morgan fingerprint density at radius 2 is 1.10 bits per heavy atom. The molecule has 4 aromatic heterocycles. The fraction of sp³-hybridized carbons (Fsp3) is 0.367. The van der Waals surface area contributed by atoms with Crippen molar-refractivity contribution in [3.05, 3.63) is 161 Å². The van der Waals surface area contributed by atoms with E-state index in [-0.39, 0.29) is 18.0 Å². The lowest BCUT2D eigenvalue weighted by molar-refractivity contribution is 0.119. The highest BCUT2D eigenvalue weighted by atomic mass is 16.3. The van der Waals surface area contributed by atoms with Crippen LogP contribution in [0.1, 0.15) is 60.1 Å². The highest BCUT2D eigenvalue weighted by Gasteiger charge is 2.30. The first-order valence-electron chi connectivity index (χ1n) is 28.0. The zero-order valence-electron chi connectivity index (χ0n) is 45.4. The highest BCUT2D eigenvalue weighted by Crippen LogP contribution is 2.30.